The van der Waals surface area contributed by atoms with Crippen molar-refractivity contribution in [3.8, 4) is 0 Å². The summed E-state index contributed by atoms with van der Waals surface area (Å²) in [5.74, 6) is 0. The monoisotopic (exact) mass is 236 g/mol. The van der Waals surface area contributed by atoms with Crippen molar-refractivity contribution >= 4 is 16.4 Å². The Kier molecular flexibility index (Phi) is 4.56. The average molecular weight is 236 g/mol. The van der Waals surface area contributed by atoms with Crippen molar-refractivity contribution in [2.24, 2.45) is 0 Å². The average Bonchev–Trinajstić information content (AvgIpc) is 1.58. The number of hydrogen-bond acceptors (Lipinski definition) is 0. The van der Waals surface area contributed by atoms with Gasteiger partial charge in [-0.05, 0) is 22.4 Å². The molecule has 80 valence electrons. The van der Waals surface area contributed by atoms with Crippen molar-refractivity contribution < 1.29 is 25.2 Å². The zero-order chi connectivity index (χ0) is 10.5. The topological polar surface area (TPSA) is 0 Å². The van der Waals surface area contributed by atoms with Crippen LogP contribution in [0.3, 0.4) is 0 Å². The molecule has 0 aliphatic rings. The molecule has 0 aliphatic heterocycles. The fourth-order valence-corrected chi connectivity index (χ4v) is 0.866. The predicted octanol–water partition coefficient (Wildman–Crippen LogP) is 4.82. The summed E-state index contributed by atoms with van der Waals surface area (Å²) < 4.78 is 59.2. The van der Waals surface area contributed by atoms with Gasteiger partial charge < -0.3 is 0 Å². The van der Waals surface area contributed by atoms with Crippen molar-refractivity contribution in [2.45, 2.75) is 13.8 Å². The molecule has 0 N–H and O–H groups in total. The molecule has 8 heteroatoms. The first-order valence-electron chi connectivity index (χ1n) is 3.24. The summed E-state index contributed by atoms with van der Waals surface area (Å²) in [4.78, 5) is 0. The van der Waals surface area contributed by atoms with Crippen LogP contribution in [0.4, 0.5) is 25.2 Å². The van der Waals surface area contributed by atoms with Gasteiger partial charge in [-0.3, -0.25) is 0 Å². The van der Waals surface area contributed by atoms with Crippen LogP contribution < -0.4 is 0 Å². The van der Waals surface area contributed by atoms with E-state index in [2.05, 4.69) is 13.8 Å². The Labute approximate surface area is 68.7 Å². The van der Waals surface area contributed by atoms with Crippen LogP contribution in [0.1, 0.15) is 13.8 Å². The molecule has 0 bridgehead atoms. The summed E-state index contributed by atoms with van der Waals surface area (Å²) in [6.45, 7) is 4.50. The van der Waals surface area contributed by atoms with Gasteiger partial charge in [-0.1, -0.05) is 0 Å². The minimum atomic E-state index is -10.7. The van der Waals surface area contributed by atoms with E-state index in [1.807, 2.05) is 0 Å². The molecule has 0 rings (SSSR count). The van der Waals surface area contributed by atoms with E-state index in [4.69, 9.17) is 0 Å². The van der Waals surface area contributed by atoms with Crippen LogP contribution in [0.15, 0.2) is 0 Å². The summed E-state index contributed by atoms with van der Waals surface area (Å²) in [5.41, 5.74) is 0. The van der Waals surface area contributed by atoms with Crippen LogP contribution in [0, 0.1) is 0 Å². The van der Waals surface area contributed by atoms with Gasteiger partial charge >= 0.3 is 33.0 Å². The molecule has 0 aromatic rings. The molecule has 12 heavy (non-hydrogen) atoms. The molecule has 0 fully saturated rings. The molecule has 0 unspecified atom stereocenters. The summed E-state index contributed by atoms with van der Waals surface area (Å²) in [7, 11) is -9.84. The van der Waals surface area contributed by atoms with Gasteiger partial charge in [0.25, 0.3) is 0 Å². The Morgan fingerprint density at radius 1 is 0.833 bits per heavy atom. The second kappa shape index (κ2) is 3.67. The molecule has 0 spiro atoms. The van der Waals surface area contributed by atoms with Gasteiger partial charge in [0.05, 0.1) is 12.3 Å². The molecular formula is C4H12F6P2. The van der Waals surface area contributed by atoms with E-state index in [0.717, 1.165) is 8.58 Å². The molecule has 0 saturated carbocycles. The summed E-state index contributed by atoms with van der Waals surface area (Å²) in [6.07, 6.45) is 2.85. The van der Waals surface area contributed by atoms with Crippen LogP contribution in [0.25, 0.3) is 0 Å². The van der Waals surface area contributed by atoms with Gasteiger partial charge in [0, 0.05) is 0 Å². The van der Waals surface area contributed by atoms with Crippen molar-refractivity contribution in [3.63, 3.8) is 0 Å². The first kappa shape index (κ1) is 14.9. The summed E-state index contributed by atoms with van der Waals surface area (Å²) in [5, 5.41) is 0. The maximum absolute atomic E-state index is 10.7. The van der Waals surface area contributed by atoms with Gasteiger partial charge in [0.2, 0.25) is 0 Å². The molecule has 0 heterocycles. The first-order valence-corrected chi connectivity index (χ1v) is 6.91. The van der Waals surface area contributed by atoms with Gasteiger partial charge in [-0.2, -0.15) is 0 Å². The van der Waals surface area contributed by atoms with E-state index < -0.39 is 7.81 Å². The fraction of sp³-hybridized carbons (Fsp3) is 1.00. The van der Waals surface area contributed by atoms with E-state index >= 15 is 0 Å². The third kappa shape index (κ3) is 156. The fourth-order valence-electron chi connectivity index (χ4n) is 0.289. The van der Waals surface area contributed by atoms with E-state index in [1.54, 1.807) is 0 Å². The zero-order valence-electron chi connectivity index (χ0n) is 6.71. The molecule has 0 atom stereocenters. The quantitative estimate of drug-likeness (QED) is 0.476. The maximum atomic E-state index is 9.87. The molecule has 0 aromatic carbocycles. The molecule has 0 radical (unpaired) electrons. The summed E-state index contributed by atoms with van der Waals surface area (Å²) in [6, 6.07) is 0. The number of hydrogen-bond donors (Lipinski definition) is 0. The van der Waals surface area contributed by atoms with Crippen LogP contribution in [-0.2, 0) is 0 Å². The van der Waals surface area contributed by atoms with Crippen molar-refractivity contribution in [1.82, 2.24) is 0 Å². The van der Waals surface area contributed by atoms with Crippen molar-refractivity contribution in [2.75, 3.05) is 12.3 Å². The molecular weight excluding hydrogens is 224 g/mol. The van der Waals surface area contributed by atoms with E-state index in [9.17, 15) is 25.2 Å². The molecule has 0 saturated heterocycles. The van der Waals surface area contributed by atoms with Crippen LogP contribution in [0.2, 0.25) is 0 Å². The van der Waals surface area contributed by atoms with Crippen LogP contribution in [0.5, 0.6) is 0 Å². The number of halogens is 6. The summed E-state index contributed by atoms with van der Waals surface area (Å²) >= 11 is 0. The normalized spacial score (nSPS) is 17.0. The third-order valence-electron chi connectivity index (χ3n) is 0.577. The van der Waals surface area contributed by atoms with Crippen molar-refractivity contribution in [3.05, 3.63) is 0 Å². The van der Waals surface area contributed by atoms with Crippen LogP contribution >= 0.6 is 16.4 Å². The third-order valence-corrected chi connectivity index (χ3v) is 1.73. The van der Waals surface area contributed by atoms with Gasteiger partial charge in [-0.15, -0.1) is 0 Å². The zero-order valence-corrected chi connectivity index (χ0v) is 8.76. The second-order valence-electron chi connectivity index (χ2n) is 2.06. The Hall–Kier alpha value is 0.440. The Bertz CT molecular complexity index is 107. The van der Waals surface area contributed by atoms with E-state index in [1.165, 1.54) is 12.3 Å². The predicted molar refractivity (Wildman–Crippen MR) is 44.4 cm³/mol. The molecule has 0 nitrogen and oxygen atoms in total. The Morgan fingerprint density at radius 3 is 1.00 bits per heavy atom. The van der Waals surface area contributed by atoms with Gasteiger partial charge in [-0.25, -0.2) is 0 Å². The SMILES string of the molecule is CC[PH2+]CC.F[P-](F)(F)(F)(F)F. The first-order chi connectivity index (χ1) is 4.86. The van der Waals surface area contributed by atoms with Crippen molar-refractivity contribution in [1.29, 1.82) is 0 Å². The number of rotatable bonds is 2. The molecule has 0 aliphatic carbocycles. The van der Waals surface area contributed by atoms with E-state index in [-0.39, 0.29) is 0 Å². The minimum absolute atomic E-state index is 0.815. The van der Waals surface area contributed by atoms with E-state index in [0.29, 0.717) is 0 Å². The standard InChI is InChI=1S/C4H11P.F6P/c1-3-5-4-2;1-7(2,3,4,5)6/h5H,3-4H2,1-2H3;/q;-1/p+1. The second-order valence-corrected chi connectivity index (χ2v) is 6.19. The Morgan fingerprint density at radius 2 is 1.00 bits per heavy atom. The van der Waals surface area contributed by atoms with Gasteiger partial charge in [0.1, 0.15) is 0 Å². The Balaban J connectivity index is 0. The molecule has 0 amide bonds. The molecule has 0 aromatic heterocycles. The van der Waals surface area contributed by atoms with Crippen LogP contribution in [-0.4, -0.2) is 12.3 Å². The van der Waals surface area contributed by atoms with Gasteiger partial charge in [0.15, 0.2) is 0 Å².